The smallest absolute Gasteiger partial charge is 0.244 e. The Bertz CT molecular complexity index is 1420. The van der Waals surface area contributed by atoms with E-state index in [0.717, 1.165) is 58.5 Å². The zero-order chi connectivity index (χ0) is 28.7. The number of carbonyl (C=O) groups excluding carboxylic acids is 2. The Labute approximate surface area is 238 Å². The van der Waals surface area contributed by atoms with Crippen molar-refractivity contribution in [2.45, 2.75) is 64.6 Å². The molecule has 7 nitrogen and oxygen atoms in total. The van der Waals surface area contributed by atoms with Gasteiger partial charge in [0.2, 0.25) is 21.8 Å². The third kappa shape index (κ3) is 7.94. The minimum atomic E-state index is -3.78. The van der Waals surface area contributed by atoms with E-state index in [9.17, 15) is 18.0 Å². The minimum absolute atomic E-state index is 0.0847. The summed E-state index contributed by atoms with van der Waals surface area (Å²) in [5.74, 6) is -0.644. The Hall–Kier alpha value is -3.65. The molecular formula is C32H39N3O4S. The molecule has 8 heteroatoms. The number of amides is 2. The fourth-order valence-corrected chi connectivity index (χ4v) is 6.17. The first-order valence-electron chi connectivity index (χ1n) is 13.8. The molecule has 0 aliphatic heterocycles. The van der Waals surface area contributed by atoms with Crippen LogP contribution in [0.2, 0.25) is 0 Å². The molecule has 1 N–H and O–H groups in total. The van der Waals surface area contributed by atoms with Crippen LogP contribution in [0, 0.1) is 13.8 Å². The van der Waals surface area contributed by atoms with Crippen molar-refractivity contribution in [1.82, 2.24) is 10.2 Å². The molecular weight excluding hydrogens is 522 g/mol. The van der Waals surface area contributed by atoms with Crippen molar-refractivity contribution in [3.8, 4) is 0 Å². The average Bonchev–Trinajstić information content (AvgIpc) is 3.42. The van der Waals surface area contributed by atoms with E-state index in [0.29, 0.717) is 12.1 Å². The fraction of sp³-hybridized carbons (Fsp3) is 0.375. The Morgan fingerprint density at radius 1 is 0.875 bits per heavy atom. The first-order chi connectivity index (χ1) is 19.1. The predicted molar refractivity (Wildman–Crippen MR) is 159 cm³/mol. The number of rotatable bonds is 11. The topological polar surface area (TPSA) is 86.8 Å². The lowest BCUT2D eigenvalue weighted by atomic mass is 10.0. The van der Waals surface area contributed by atoms with E-state index in [-0.39, 0.29) is 18.5 Å². The zero-order valence-corrected chi connectivity index (χ0v) is 24.4. The first kappa shape index (κ1) is 29.3. The third-order valence-corrected chi connectivity index (χ3v) is 8.52. The van der Waals surface area contributed by atoms with Gasteiger partial charge in [0.15, 0.2) is 0 Å². The lowest BCUT2D eigenvalue weighted by Gasteiger charge is -2.34. The first-order valence-corrected chi connectivity index (χ1v) is 15.7. The van der Waals surface area contributed by atoms with Crippen LogP contribution in [0.4, 0.5) is 5.69 Å². The SMILES string of the molecule is Cc1cccc(CN(C(=O)CN(c2cccc(C)c2)S(C)(=O)=O)[C@@H](Cc2ccccc2)C(=O)NC2CCCC2)c1. The summed E-state index contributed by atoms with van der Waals surface area (Å²) in [6.07, 6.45) is 5.40. The number of carbonyl (C=O) groups is 2. The van der Waals surface area contributed by atoms with Crippen LogP contribution in [0.25, 0.3) is 0 Å². The van der Waals surface area contributed by atoms with Crippen molar-refractivity contribution in [3.05, 3.63) is 101 Å². The molecule has 212 valence electrons. The molecule has 1 aliphatic rings. The molecule has 1 aliphatic carbocycles. The van der Waals surface area contributed by atoms with Crippen LogP contribution in [0.1, 0.15) is 47.9 Å². The maximum Gasteiger partial charge on any atom is 0.244 e. The molecule has 0 spiro atoms. The zero-order valence-electron chi connectivity index (χ0n) is 23.5. The molecule has 0 unspecified atom stereocenters. The molecule has 1 atom stereocenters. The van der Waals surface area contributed by atoms with Gasteiger partial charge in [-0.25, -0.2) is 8.42 Å². The molecule has 1 saturated carbocycles. The second-order valence-corrected chi connectivity index (χ2v) is 12.7. The van der Waals surface area contributed by atoms with Crippen molar-refractivity contribution in [2.24, 2.45) is 0 Å². The van der Waals surface area contributed by atoms with E-state index in [1.165, 1.54) is 0 Å². The highest BCUT2D eigenvalue weighted by atomic mass is 32.2. The van der Waals surface area contributed by atoms with Crippen LogP contribution >= 0.6 is 0 Å². The van der Waals surface area contributed by atoms with Gasteiger partial charge in [0.25, 0.3) is 0 Å². The molecule has 0 saturated heterocycles. The van der Waals surface area contributed by atoms with Gasteiger partial charge in [-0.3, -0.25) is 13.9 Å². The van der Waals surface area contributed by atoms with E-state index in [2.05, 4.69) is 5.32 Å². The van der Waals surface area contributed by atoms with Gasteiger partial charge in [-0.2, -0.15) is 0 Å². The molecule has 2 amide bonds. The number of sulfonamides is 1. The normalized spacial score (nSPS) is 14.5. The van der Waals surface area contributed by atoms with Gasteiger partial charge in [-0.1, -0.05) is 85.1 Å². The number of nitrogens with zero attached hydrogens (tertiary/aromatic N) is 2. The number of benzene rings is 3. The molecule has 1 fully saturated rings. The van der Waals surface area contributed by atoms with Gasteiger partial charge in [-0.05, 0) is 55.5 Å². The number of nitrogens with one attached hydrogen (secondary N) is 1. The third-order valence-electron chi connectivity index (χ3n) is 7.38. The van der Waals surface area contributed by atoms with Crippen molar-refractivity contribution in [2.75, 3.05) is 17.1 Å². The highest BCUT2D eigenvalue weighted by Crippen LogP contribution is 2.23. The maximum absolute atomic E-state index is 14.2. The van der Waals surface area contributed by atoms with Crippen LogP contribution in [-0.2, 0) is 32.6 Å². The summed E-state index contributed by atoms with van der Waals surface area (Å²) in [5.41, 5.74) is 4.14. The average molecular weight is 562 g/mol. The fourth-order valence-electron chi connectivity index (χ4n) is 5.33. The highest BCUT2D eigenvalue weighted by Gasteiger charge is 2.34. The summed E-state index contributed by atoms with van der Waals surface area (Å²) < 4.78 is 26.9. The molecule has 0 heterocycles. The van der Waals surface area contributed by atoms with Gasteiger partial charge in [-0.15, -0.1) is 0 Å². The Morgan fingerprint density at radius 3 is 2.12 bits per heavy atom. The van der Waals surface area contributed by atoms with Gasteiger partial charge in [0.1, 0.15) is 12.6 Å². The van der Waals surface area contributed by atoms with Crippen LogP contribution in [-0.4, -0.2) is 50.0 Å². The van der Waals surface area contributed by atoms with Crippen molar-refractivity contribution in [3.63, 3.8) is 0 Å². The summed E-state index contributed by atoms with van der Waals surface area (Å²) in [6, 6.07) is 23.8. The number of aryl methyl sites for hydroxylation is 2. The van der Waals surface area contributed by atoms with Crippen molar-refractivity contribution >= 4 is 27.5 Å². The van der Waals surface area contributed by atoms with Crippen LogP contribution in [0.5, 0.6) is 0 Å². The minimum Gasteiger partial charge on any atom is -0.352 e. The van der Waals surface area contributed by atoms with E-state index >= 15 is 0 Å². The van der Waals surface area contributed by atoms with Gasteiger partial charge in [0.05, 0.1) is 11.9 Å². The summed E-state index contributed by atoms with van der Waals surface area (Å²) in [7, 11) is -3.78. The van der Waals surface area contributed by atoms with Crippen molar-refractivity contribution in [1.29, 1.82) is 0 Å². The number of anilines is 1. The number of hydrogen-bond acceptors (Lipinski definition) is 4. The van der Waals surface area contributed by atoms with Crippen LogP contribution in [0.15, 0.2) is 78.9 Å². The summed E-state index contributed by atoms with van der Waals surface area (Å²) in [4.78, 5) is 29.6. The Morgan fingerprint density at radius 2 is 1.50 bits per heavy atom. The summed E-state index contributed by atoms with van der Waals surface area (Å²) >= 11 is 0. The van der Waals surface area contributed by atoms with E-state index in [1.807, 2.05) is 74.5 Å². The predicted octanol–water partition coefficient (Wildman–Crippen LogP) is 4.77. The van der Waals surface area contributed by atoms with E-state index < -0.39 is 28.5 Å². The summed E-state index contributed by atoms with van der Waals surface area (Å²) in [5, 5.41) is 3.19. The second-order valence-electron chi connectivity index (χ2n) is 10.8. The lowest BCUT2D eigenvalue weighted by molar-refractivity contribution is -0.140. The van der Waals surface area contributed by atoms with E-state index in [1.54, 1.807) is 23.1 Å². The summed E-state index contributed by atoms with van der Waals surface area (Å²) in [6.45, 7) is 3.63. The molecule has 40 heavy (non-hydrogen) atoms. The van der Waals surface area contributed by atoms with Crippen molar-refractivity contribution < 1.29 is 18.0 Å². The van der Waals surface area contributed by atoms with E-state index in [4.69, 9.17) is 0 Å². The molecule has 3 aromatic rings. The molecule has 4 rings (SSSR count). The Balaban J connectivity index is 1.72. The lowest BCUT2D eigenvalue weighted by Crippen LogP contribution is -2.54. The van der Waals surface area contributed by atoms with Gasteiger partial charge < -0.3 is 10.2 Å². The standard InChI is InChI=1S/C32H39N3O4S/c1-24-11-9-15-27(19-24)22-34(31(36)23-35(40(3,38)39)29-18-10-12-25(2)20-29)30(21-26-13-5-4-6-14-26)32(37)33-28-16-7-8-17-28/h4-6,9-15,18-20,28,30H,7-8,16-17,21-23H2,1-3H3,(H,33,37)/t30-/m0/s1. The Kier molecular flexibility index (Phi) is 9.63. The molecule has 0 bridgehead atoms. The quantitative estimate of drug-likeness (QED) is 0.366. The van der Waals surface area contributed by atoms with Gasteiger partial charge in [0, 0.05) is 19.0 Å². The highest BCUT2D eigenvalue weighted by molar-refractivity contribution is 7.92. The van der Waals surface area contributed by atoms with Gasteiger partial charge >= 0.3 is 0 Å². The maximum atomic E-state index is 14.2. The molecule has 0 radical (unpaired) electrons. The molecule has 0 aromatic heterocycles. The number of hydrogen-bond donors (Lipinski definition) is 1. The van der Waals surface area contributed by atoms with Crippen LogP contribution < -0.4 is 9.62 Å². The monoisotopic (exact) mass is 561 g/mol. The van der Waals surface area contributed by atoms with Crippen LogP contribution in [0.3, 0.4) is 0 Å². The second kappa shape index (κ2) is 13.1. The molecule has 3 aromatic carbocycles. The largest absolute Gasteiger partial charge is 0.352 e.